The Labute approximate surface area is 92.8 Å². The number of ketones is 1. The van der Waals surface area contributed by atoms with E-state index in [9.17, 15) is 14.7 Å². The SMILES string of the molecule is COC(=O)[C@@H]1CC(=O)c2ccccc2[C@@H]1O. The molecule has 2 rings (SSSR count). The number of benzene rings is 1. The molecule has 4 nitrogen and oxygen atoms in total. The molecule has 0 heterocycles. The summed E-state index contributed by atoms with van der Waals surface area (Å²) in [5, 5.41) is 9.99. The van der Waals surface area contributed by atoms with E-state index < -0.39 is 18.0 Å². The maximum absolute atomic E-state index is 11.7. The van der Waals surface area contributed by atoms with Crippen LogP contribution in [0.25, 0.3) is 0 Å². The number of fused-ring (bicyclic) bond motifs is 1. The van der Waals surface area contributed by atoms with Crippen molar-refractivity contribution in [3.05, 3.63) is 35.4 Å². The van der Waals surface area contributed by atoms with Crippen LogP contribution < -0.4 is 0 Å². The van der Waals surface area contributed by atoms with Gasteiger partial charge in [0.2, 0.25) is 0 Å². The van der Waals surface area contributed by atoms with Crippen LogP contribution in [0.15, 0.2) is 24.3 Å². The molecule has 1 aromatic carbocycles. The molecule has 0 bridgehead atoms. The fourth-order valence-corrected chi connectivity index (χ4v) is 2.01. The van der Waals surface area contributed by atoms with Crippen LogP contribution in [-0.2, 0) is 9.53 Å². The number of methoxy groups -OCH3 is 1. The molecular formula is C12H12O4. The van der Waals surface area contributed by atoms with Gasteiger partial charge in [0.25, 0.3) is 0 Å². The number of Topliss-reactive ketones (excluding diaryl/α,β-unsaturated/α-hetero) is 1. The predicted octanol–water partition coefficient (Wildman–Crippen LogP) is 1.10. The second-order valence-corrected chi connectivity index (χ2v) is 3.79. The van der Waals surface area contributed by atoms with Crippen molar-refractivity contribution in [2.24, 2.45) is 5.92 Å². The topological polar surface area (TPSA) is 63.6 Å². The summed E-state index contributed by atoms with van der Waals surface area (Å²) >= 11 is 0. The predicted molar refractivity (Wildman–Crippen MR) is 55.9 cm³/mol. The zero-order valence-electron chi connectivity index (χ0n) is 8.84. The van der Waals surface area contributed by atoms with Gasteiger partial charge in [0.1, 0.15) is 0 Å². The molecule has 0 fully saturated rings. The molecule has 0 unspecified atom stereocenters. The number of carbonyl (C=O) groups excluding carboxylic acids is 2. The first kappa shape index (κ1) is 10.8. The van der Waals surface area contributed by atoms with Gasteiger partial charge in [-0.1, -0.05) is 24.3 Å². The number of aliphatic hydroxyl groups excluding tert-OH is 1. The van der Waals surface area contributed by atoms with Gasteiger partial charge in [-0.15, -0.1) is 0 Å². The van der Waals surface area contributed by atoms with E-state index >= 15 is 0 Å². The highest BCUT2D eigenvalue weighted by atomic mass is 16.5. The summed E-state index contributed by atoms with van der Waals surface area (Å²) < 4.78 is 4.57. The van der Waals surface area contributed by atoms with Crippen LogP contribution in [0.5, 0.6) is 0 Å². The van der Waals surface area contributed by atoms with E-state index in [0.717, 1.165) is 0 Å². The molecule has 1 N–H and O–H groups in total. The van der Waals surface area contributed by atoms with Crippen molar-refractivity contribution >= 4 is 11.8 Å². The summed E-state index contributed by atoms with van der Waals surface area (Å²) in [6, 6.07) is 6.79. The number of hydrogen-bond donors (Lipinski definition) is 1. The third kappa shape index (κ3) is 1.61. The summed E-state index contributed by atoms with van der Waals surface area (Å²) in [5.41, 5.74) is 1.00. The normalized spacial score (nSPS) is 23.8. The standard InChI is InChI=1S/C12H12O4/c1-16-12(15)9-6-10(13)7-4-2-3-5-8(7)11(9)14/h2-5,9,11,14H,6H2,1H3/t9-,11+/m1/s1. The maximum atomic E-state index is 11.7. The molecule has 0 aromatic heterocycles. The number of rotatable bonds is 1. The molecule has 0 saturated heterocycles. The van der Waals surface area contributed by atoms with Crippen molar-refractivity contribution in [3.8, 4) is 0 Å². The minimum atomic E-state index is -0.957. The number of ether oxygens (including phenoxy) is 1. The molecule has 1 aliphatic rings. The van der Waals surface area contributed by atoms with Crippen molar-refractivity contribution in [3.63, 3.8) is 0 Å². The molecule has 16 heavy (non-hydrogen) atoms. The average molecular weight is 220 g/mol. The van der Waals surface area contributed by atoms with Crippen LogP contribution in [-0.4, -0.2) is 24.0 Å². The zero-order chi connectivity index (χ0) is 11.7. The molecule has 1 aliphatic carbocycles. The Morgan fingerprint density at radius 2 is 2.12 bits per heavy atom. The molecular weight excluding hydrogens is 208 g/mol. The van der Waals surface area contributed by atoms with Crippen LogP contribution in [0.2, 0.25) is 0 Å². The van der Waals surface area contributed by atoms with Gasteiger partial charge in [-0.05, 0) is 5.56 Å². The Balaban J connectivity index is 2.42. The Hall–Kier alpha value is -1.68. The minimum Gasteiger partial charge on any atom is -0.469 e. The molecule has 0 amide bonds. The van der Waals surface area contributed by atoms with Crippen molar-refractivity contribution in [1.82, 2.24) is 0 Å². The van der Waals surface area contributed by atoms with Gasteiger partial charge in [-0.25, -0.2) is 0 Å². The van der Waals surface area contributed by atoms with E-state index in [0.29, 0.717) is 11.1 Å². The fraction of sp³-hybridized carbons (Fsp3) is 0.333. The van der Waals surface area contributed by atoms with E-state index in [1.165, 1.54) is 7.11 Å². The maximum Gasteiger partial charge on any atom is 0.312 e. The highest BCUT2D eigenvalue weighted by molar-refractivity contribution is 6.01. The second kappa shape index (κ2) is 4.06. The summed E-state index contributed by atoms with van der Waals surface area (Å²) in [6.45, 7) is 0. The Morgan fingerprint density at radius 1 is 1.44 bits per heavy atom. The smallest absolute Gasteiger partial charge is 0.312 e. The first-order valence-electron chi connectivity index (χ1n) is 5.03. The summed E-state index contributed by atoms with van der Waals surface area (Å²) in [5.74, 6) is -1.46. The molecule has 1 aromatic rings. The molecule has 84 valence electrons. The van der Waals surface area contributed by atoms with Gasteiger partial charge in [0, 0.05) is 12.0 Å². The Morgan fingerprint density at radius 3 is 2.81 bits per heavy atom. The van der Waals surface area contributed by atoms with Crippen LogP contribution in [0.3, 0.4) is 0 Å². The lowest BCUT2D eigenvalue weighted by Gasteiger charge is -2.26. The quantitative estimate of drug-likeness (QED) is 0.720. The number of carbonyl (C=O) groups is 2. The van der Waals surface area contributed by atoms with Gasteiger partial charge < -0.3 is 9.84 Å². The van der Waals surface area contributed by atoms with Gasteiger partial charge in [-0.2, -0.15) is 0 Å². The molecule has 0 spiro atoms. The average Bonchev–Trinajstić information content (AvgIpc) is 2.33. The Bertz CT molecular complexity index is 438. The lowest BCUT2D eigenvalue weighted by molar-refractivity contribution is -0.149. The molecule has 0 radical (unpaired) electrons. The lowest BCUT2D eigenvalue weighted by atomic mass is 9.81. The van der Waals surface area contributed by atoms with E-state index in [1.54, 1.807) is 24.3 Å². The fourth-order valence-electron chi connectivity index (χ4n) is 2.01. The zero-order valence-corrected chi connectivity index (χ0v) is 8.84. The molecule has 0 aliphatic heterocycles. The first-order valence-corrected chi connectivity index (χ1v) is 5.03. The second-order valence-electron chi connectivity index (χ2n) is 3.79. The van der Waals surface area contributed by atoms with Gasteiger partial charge in [0.05, 0.1) is 19.1 Å². The molecule has 2 atom stereocenters. The van der Waals surface area contributed by atoms with E-state index in [4.69, 9.17) is 0 Å². The van der Waals surface area contributed by atoms with E-state index in [1.807, 2.05) is 0 Å². The third-order valence-electron chi connectivity index (χ3n) is 2.87. The monoisotopic (exact) mass is 220 g/mol. The summed E-state index contributed by atoms with van der Waals surface area (Å²) in [7, 11) is 1.25. The van der Waals surface area contributed by atoms with Crippen molar-refractivity contribution in [1.29, 1.82) is 0 Å². The largest absolute Gasteiger partial charge is 0.469 e. The molecule has 0 saturated carbocycles. The van der Waals surface area contributed by atoms with Crippen LogP contribution in [0.4, 0.5) is 0 Å². The summed E-state index contributed by atoms with van der Waals surface area (Å²) in [4.78, 5) is 23.1. The number of hydrogen-bond acceptors (Lipinski definition) is 4. The van der Waals surface area contributed by atoms with Gasteiger partial charge in [-0.3, -0.25) is 9.59 Å². The summed E-state index contributed by atoms with van der Waals surface area (Å²) in [6.07, 6.45) is -0.952. The first-order chi connectivity index (χ1) is 7.65. The highest BCUT2D eigenvalue weighted by Gasteiger charge is 2.37. The van der Waals surface area contributed by atoms with Crippen LogP contribution in [0.1, 0.15) is 28.4 Å². The highest BCUT2D eigenvalue weighted by Crippen LogP contribution is 2.34. The lowest BCUT2D eigenvalue weighted by Crippen LogP contribution is -2.31. The van der Waals surface area contributed by atoms with Crippen molar-refractivity contribution in [2.75, 3.05) is 7.11 Å². The third-order valence-corrected chi connectivity index (χ3v) is 2.87. The van der Waals surface area contributed by atoms with E-state index in [-0.39, 0.29) is 12.2 Å². The Kier molecular flexibility index (Phi) is 2.75. The minimum absolute atomic E-state index is 0.00481. The van der Waals surface area contributed by atoms with Crippen LogP contribution >= 0.6 is 0 Å². The van der Waals surface area contributed by atoms with Gasteiger partial charge in [0.15, 0.2) is 5.78 Å². The van der Waals surface area contributed by atoms with E-state index in [2.05, 4.69) is 4.74 Å². The number of esters is 1. The molecule has 4 heteroatoms. The van der Waals surface area contributed by atoms with Gasteiger partial charge >= 0.3 is 5.97 Å². The van der Waals surface area contributed by atoms with Crippen molar-refractivity contribution in [2.45, 2.75) is 12.5 Å². The van der Waals surface area contributed by atoms with Crippen LogP contribution in [0, 0.1) is 5.92 Å². The number of aliphatic hydroxyl groups is 1. The van der Waals surface area contributed by atoms with Crippen molar-refractivity contribution < 1.29 is 19.4 Å².